The first-order valence-electron chi connectivity index (χ1n) is 7.01. The molecule has 0 saturated heterocycles. The Morgan fingerprint density at radius 3 is 2.09 bits per heavy atom. The van der Waals surface area contributed by atoms with Gasteiger partial charge in [0.05, 0.1) is 10.6 Å². The van der Waals surface area contributed by atoms with Gasteiger partial charge >= 0.3 is 5.97 Å². The topological polar surface area (TPSA) is 50.2 Å². The summed E-state index contributed by atoms with van der Waals surface area (Å²) >= 11 is 1.45. The number of carboxylic acids is 1. The number of benzene rings is 2. The van der Waals surface area contributed by atoms with E-state index >= 15 is 0 Å². The van der Waals surface area contributed by atoms with Crippen molar-refractivity contribution in [2.45, 2.75) is 12.8 Å². The van der Waals surface area contributed by atoms with Gasteiger partial charge in [0.2, 0.25) is 0 Å². The highest BCUT2D eigenvalue weighted by Gasteiger charge is 2.22. The molecule has 0 amide bonds. The van der Waals surface area contributed by atoms with E-state index in [9.17, 15) is 9.90 Å². The van der Waals surface area contributed by atoms with Crippen molar-refractivity contribution in [3.8, 4) is 21.7 Å². The zero-order chi connectivity index (χ0) is 15.5. The number of hydrogen-bond acceptors (Lipinski definition) is 3. The largest absolute Gasteiger partial charge is 0.481 e. The third kappa shape index (κ3) is 2.78. The number of thiazole rings is 1. The third-order valence-electron chi connectivity index (χ3n) is 3.47. The fourth-order valence-corrected chi connectivity index (χ4v) is 3.34. The number of carboxylic acid groups (broad SMARTS) is 1. The molecule has 0 aliphatic heterocycles. The molecule has 110 valence electrons. The first kappa shape index (κ1) is 14.5. The zero-order valence-corrected chi connectivity index (χ0v) is 12.9. The van der Waals surface area contributed by atoms with Gasteiger partial charge in [-0.15, -0.1) is 11.3 Å². The number of nitrogens with zero attached hydrogens (tertiary/aromatic N) is 1. The molecule has 0 saturated carbocycles. The van der Waals surface area contributed by atoms with Crippen molar-refractivity contribution in [1.82, 2.24) is 4.98 Å². The lowest BCUT2D eigenvalue weighted by Crippen LogP contribution is -2.06. The van der Waals surface area contributed by atoms with Crippen LogP contribution in [-0.4, -0.2) is 16.1 Å². The number of carbonyl (C=O) groups is 1. The maximum atomic E-state index is 11.3. The van der Waals surface area contributed by atoms with E-state index in [0.29, 0.717) is 5.01 Å². The van der Waals surface area contributed by atoms with Crippen molar-refractivity contribution in [3.05, 3.63) is 65.7 Å². The third-order valence-corrected chi connectivity index (χ3v) is 4.75. The Balaban J connectivity index is 2.17. The van der Waals surface area contributed by atoms with Gasteiger partial charge in [0.15, 0.2) is 0 Å². The van der Waals surface area contributed by atoms with Gasteiger partial charge in [-0.2, -0.15) is 0 Å². The lowest BCUT2D eigenvalue weighted by atomic mass is 10.1. The fraction of sp³-hybridized carbons (Fsp3) is 0.111. The van der Waals surface area contributed by atoms with Gasteiger partial charge in [0.25, 0.3) is 0 Å². The standard InChI is InChI=1S/C18H15NO2S/c1-12(18(20)21)17-19-15(13-8-4-2-5-9-13)16(22-17)14-10-6-3-7-11-14/h2-12H,1H3,(H,20,21). The maximum absolute atomic E-state index is 11.3. The van der Waals surface area contributed by atoms with Crippen LogP contribution in [0.3, 0.4) is 0 Å². The quantitative estimate of drug-likeness (QED) is 0.762. The minimum Gasteiger partial charge on any atom is -0.481 e. The highest BCUT2D eigenvalue weighted by atomic mass is 32.1. The monoisotopic (exact) mass is 309 g/mol. The van der Waals surface area contributed by atoms with Crippen LogP contribution < -0.4 is 0 Å². The Bertz CT molecular complexity index is 724. The second kappa shape index (κ2) is 6.12. The van der Waals surface area contributed by atoms with E-state index in [1.54, 1.807) is 6.92 Å². The molecule has 1 N–H and O–H groups in total. The van der Waals surface area contributed by atoms with E-state index < -0.39 is 11.9 Å². The predicted molar refractivity (Wildman–Crippen MR) is 89.0 cm³/mol. The van der Waals surface area contributed by atoms with Crippen molar-refractivity contribution < 1.29 is 9.90 Å². The number of rotatable bonds is 4. The summed E-state index contributed by atoms with van der Waals surface area (Å²) in [5, 5.41) is 9.87. The van der Waals surface area contributed by atoms with Crippen LogP contribution in [-0.2, 0) is 4.79 Å². The van der Waals surface area contributed by atoms with Crippen LogP contribution >= 0.6 is 11.3 Å². The summed E-state index contributed by atoms with van der Waals surface area (Å²) in [6.07, 6.45) is 0. The molecule has 0 spiro atoms. The van der Waals surface area contributed by atoms with Crippen molar-refractivity contribution in [3.63, 3.8) is 0 Å². The first-order chi connectivity index (χ1) is 10.7. The molecule has 22 heavy (non-hydrogen) atoms. The van der Waals surface area contributed by atoms with Gasteiger partial charge in [-0.25, -0.2) is 4.98 Å². The van der Waals surface area contributed by atoms with Gasteiger partial charge < -0.3 is 5.11 Å². The Morgan fingerprint density at radius 1 is 1.00 bits per heavy atom. The molecule has 0 bridgehead atoms. The molecule has 4 heteroatoms. The molecule has 1 heterocycles. The molecule has 1 atom stereocenters. The van der Waals surface area contributed by atoms with Crippen molar-refractivity contribution >= 4 is 17.3 Å². The molecule has 1 aromatic heterocycles. The van der Waals surface area contributed by atoms with Crippen molar-refractivity contribution in [2.24, 2.45) is 0 Å². The Labute approximate surface area is 132 Å². The summed E-state index contributed by atoms with van der Waals surface area (Å²) in [6, 6.07) is 19.8. The first-order valence-corrected chi connectivity index (χ1v) is 7.83. The minimum absolute atomic E-state index is 0.607. The van der Waals surface area contributed by atoms with Crippen LogP contribution in [0.2, 0.25) is 0 Å². The lowest BCUT2D eigenvalue weighted by Gasteiger charge is -2.02. The highest BCUT2D eigenvalue weighted by Crippen LogP contribution is 2.38. The Morgan fingerprint density at radius 2 is 1.55 bits per heavy atom. The molecular weight excluding hydrogens is 294 g/mol. The second-order valence-corrected chi connectivity index (χ2v) is 6.05. The smallest absolute Gasteiger partial charge is 0.313 e. The van der Waals surface area contributed by atoms with Crippen LogP contribution in [0, 0.1) is 0 Å². The van der Waals surface area contributed by atoms with E-state index in [0.717, 1.165) is 21.7 Å². The summed E-state index contributed by atoms with van der Waals surface area (Å²) in [5.74, 6) is -1.46. The van der Waals surface area contributed by atoms with E-state index in [1.165, 1.54) is 11.3 Å². The maximum Gasteiger partial charge on any atom is 0.313 e. The molecular formula is C18H15NO2S. The van der Waals surface area contributed by atoms with Gasteiger partial charge in [0.1, 0.15) is 10.9 Å². The zero-order valence-electron chi connectivity index (χ0n) is 12.1. The van der Waals surface area contributed by atoms with E-state index in [2.05, 4.69) is 4.98 Å². The van der Waals surface area contributed by atoms with Crippen LogP contribution in [0.25, 0.3) is 21.7 Å². The Kier molecular flexibility index (Phi) is 4.02. The van der Waals surface area contributed by atoms with Gasteiger partial charge in [-0.05, 0) is 12.5 Å². The molecule has 3 aromatic rings. The highest BCUT2D eigenvalue weighted by molar-refractivity contribution is 7.15. The average Bonchev–Trinajstić information content (AvgIpc) is 3.01. The number of aliphatic carboxylic acids is 1. The molecule has 0 radical (unpaired) electrons. The molecule has 0 aliphatic carbocycles. The molecule has 3 nitrogen and oxygen atoms in total. The number of hydrogen-bond donors (Lipinski definition) is 1. The van der Waals surface area contributed by atoms with Crippen LogP contribution in [0.4, 0.5) is 0 Å². The predicted octanol–water partition coefficient (Wildman–Crippen LogP) is 4.67. The van der Waals surface area contributed by atoms with Gasteiger partial charge in [0, 0.05) is 5.56 Å². The van der Waals surface area contributed by atoms with Gasteiger partial charge in [-0.3, -0.25) is 4.79 Å². The summed E-state index contributed by atoms with van der Waals surface area (Å²) in [4.78, 5) is 16.9. The number of aromatic nitrogens is 1. The lowest BCUT2D eigenvalue weighted by molar-refractivity contribution is -0.138. The second-order valence-electron chi connectivity index (χ2n) is 5.02. The minimum atomic E-state index is -0.854. The summed E-state index contributed by atoms with van der Waals surface area (Å²) in [5.41, 5.74) is 2.91. The van der Waals surface area contributed by atoms with E-state index in [1.807, 2.05) is 60.7 Å². The van der Waals surface area contributed by atoms with Gasteiger partial charge in [-0.1, -0.05) is 60.7 Å². The van der Waals surface area contributed by atoms with E-state index in [4.69, 9.17) is 0 Å². The van der Waals surface area contributed by atoms with Crippen molar-refractivity contribution in [1.29, 1.82) is 0 Å². The summed E-state index contributed by atoms with van der Waals surface area (Å²) in [7, 11) is 0. The van der Waals surface area contributed by atoms with Crippen LogP contribution in [0.5, 0.6) is 0 Å². The fourth-order valence-electron chi connectivity index (χ4n) is 2.20. The average molecular weight is 309 g/mol. The Hall–Kier alpha value is -2.46. The molecule has 1 unspecified atom stereocenters. The SMILES string of the molecule is CC(C(=O)O)c1nc(-c2ccccc2)c(-c2ccccc2)s1. The molecule has 0 aliphatic rings. The van der Waals surface area contributed by atoms with Crippen LogP contribution in [0.1, 0.15) is 17.8 Å². The molecule has 3 rings (SSSR count). The van der Waals surface area contributed by atoms with E-state index in [-0.39, 0.29) is 0 Å². The molecule has 0 fully saturated rings. The normalized spacial score (nSPS) is 12.0. The summed E-state index contributed by atoms with van der Waals surface area (Å²) in [6.45, 7) is 1.67. The molecule has 2 aromatic carbocycles. The van der Waals surface area contributed by atoms with Crippen LogP contribution in [0.15, 0.2) is 60.7 Å². The summed E-state index contributed by atoms with van der Waals surface area (Å²) < 4.78 is 0. The van der Waals surface area contributed by atoms with Crippen molar-refractivity contribution in [2.75, 3.05) is 0 Å².